The number of nitrogens with zero attached hydrogens (tertiary/aromatic N) is 4. The van der Waals surface area contributed by atoms with E-state index in [1.807, 2.05) is 6.92 Å². The van der Waals surface area contributed by atoms with Gasteiger partial charge in [-0.3, -0.25) is 9.69 Å². The molecule has 1 aromatic carbocycles. The summed E-state index contributed by atoms with van der Waals surface area (Å²) in [6.07, 6.45) is 1.66. The number of amides is 1. The lowest BCUT2D eigenvalue weighted by Gasteiger charge is -2.37. The molecule has 3 rings (SSSR count). The second kappa shape index (κ2) is 8.72. The predicted octanol–water partition coefficient (Wildman–Crippen LogP) is 0.282. The molecule has 10 nitrogen and oxygen atoms in total. The number of hydrogen-bond acceptors (Lipinski definition) is 8. The molecule has 0 bridgehead atoms. The average molecular weight is 420 g/mol. The summed E-state index contributed by atoms with van der Waals surface area (Å²) in [6.45, 7) is 4.58. The van der Waals surface area contributed by atoms with Gasteiger partial charge in [0.25, 0.3) is 0 Å². The summed E-state index contributed by atoms with van der Waals surface area (Å²) in [6, 6.07) is 7.11. The topological polar surface area (TPSA) is 131 Å². The van der Waals surface area contributed by atoms with Crippen molar-refractivity contribution in [3.63, 3.8) is 0 Å². The van der Waals surface area contributed by atoms with Gasteiger partial charge in [0.15, 0.2) is 0 Å². The Bertz CT molecular complexity index is 959. The van der Waals surface area contributed by atoms with E-state index in [4.69, 9.17) is 9.88 Å². The van der Waals surface area contributed by atoms with Crippen molar-refractivity contribution >= 4 is 27.6 Å². The molecule has 11 heteroatoms. The van der Waals surface area contributed by atoms with Crippen molar-refractivity contribution in [2.24, 2.45) is 5.14 Å². The van der Waals surface area contributed by atoms with Crippen LogP contribution in [0.4, 0.5) is 11.6 Å². The third kappa shape index (κ3) is 5.19. The number of nitrogens with one attached hydrogen (secondary N) is 1. The molecule has 3 N–H and O–H groups in total. The molecule has 156 valence electrons. The molecule has 1 aliphatic rings. The van der Waals surface area contributed by atoms with Crippen LogP contribution in [0.2, 0.25) is 0 Å². The van der Waals surface area contributed by atoms with E-state index in [0.29, 0.717) is 43.7 Å². The number of hydrogen-bond donors (Lipinski definition) is 2. The smallest absolute Gasteiger partial charge is 0.241 e. The molecule has 1 saturated heterocycles. The van der Waals surface area contributed by atoms with E-state index >= 15 is 0 Å². The fraction of sp³-hybridized carbons (Fsp3) is 0.389. The van der Waals surface area contributed by atoms with E-state index in [2.05, 4.69) is 25.1 Å². The molecule has 1 atom stereocenters. The van der Waals surface area contributed by atoms with Gasteiger partial charge >= 0.3 is 0 Å². The van der Waals surface area contributed by atoms with Gasteiger partial charge in [-0.1, -0.05) is 0 Å². The Hall–Kier alpha value is -2.76. The number of carbonyl (C=O) groups excluding carboxylic acids is 1. The van der Waals surface area contributed by atoms with Gasteiger partial charge in [-0.15, -0.1) is 0 Å². The van der Waals surface area contributed by atoms with Crippen LogP contribution < -0.4 is 20.1 Å². The molecule has 2 aromatic rings. The highest BCUT2D eigenvalue weighted by Gasteiger charge is 2.26. The minimum Gasteiger partial charge on any atom is -0.481 e. The first-order valence-corrected chi connectivity index (χ1v) is 10.6. The molecule has 0 spiro atoms. The molecule has 0 aliphatic carbocycles. The van der Waals surface area contributed by atoms with Gasteiger partial charge in [0.1, 0.15) is 0 Å². The zero-order valence-electron chi connectivity index (χ0n) is 16.3. The molecular weight excluding hydrogens is 396 g/mol. The van der Waals surface area contributed by atoms with Crippen molar-refractivity contribution in [1.29, 1.82) is 0 Å². The number of benzene rings is 1. The lowest BCUT2D eigenvalue weighted by atomic mass is 10.2. The van der Waals surface area contributed by atoms with Gasteiger partial charge in [0, 0.05) is 44.1 Å². The molecule has 0 saturated carbocycles. The SMILES string of the molecule is COc1ccnc(N2CCN([C@H](C)C(=O)Nc3ccc(S(N)(=O)=O)cc3)CC2)n1. The summed E-state index contributed by atoms with van der Waals surface area (Å²) < 4.78 is 27.8. The highest BCUT2D eigenvalue weighted by atomic mass is 32.2. The lowest BCUT2D eigenvalue weighted by molar-refractivity contribution is -0.120. The molecule has 29 heavy (non-hydrogen) atoms. The number of nitrogens with two attached hydrogens (primary N) is 1. The monoisotopic (exact) mass is 420 g/mol. The third-order valence-corrected chi connectivity index (χ3v) is 5.73. The molecule has 2 heterocycles. The van der Waals surface area contributed by atoms with Crippen LogP contribution in [-0.4, -0.2) is 68.5 Å². The zero-order valence-corrected chi connectivity index (χ0v) is 17.1. The summed E-state index contributed by atoms with van der Waals surface area (Å²) in [7, 11) is -2.20. The summed E-state index contributed by atoms with van der Waals surface area (Å²) in [5, 5.41) is 7.89. The van der Waals surface area contributed by atoms with Gasteiger partial charge < -0.3 is 15.0 Å². The Labute approximate surface area is 169 Å². The first-order valence-electron chi connectivity index (χ1n) is 9.07. The first kappa shape index (κ1) is 21.0. The normalized spacial score (nSPS) is 16.3. The number of methoxy groups -OCH3 is 1. The molecule has 1 aromatic heterocycles. The average Bonchev–Trinajstić information content (AvgIpc) is 2.73. The fourth-order valence-electron chi connectivity index (χ4n) is 3.05. The first-order chi connectivity index (χ1) is 13.8. The van der Waals surface area contributed by atoms with E-state index in [-0.39, 0.29) is 16.8 Å². The van der Waals surface area contributed by atoms with E-state index in [1.54, 1.807) is 19.4 Å². The molecular formula is C18H24N6O4S. The number of sulfonamides is 1. The van der Waals surface area contributed by atoms with E-state index in [1.165, 1.54) is 24.3 Å². The molecule has 0 radical (unpaired) electrons. The van der Waals surface area contributed by atoms with Crippen LogP contribution in [0.15, 0.2) is 41.4 Å². The quantitative estimate of drug-likeness (QED) is 0.681. The minimum atomic E-state index is -3.76. The van der Waals surface area contributed by atoms with Crippen LogP contribution in [0.25, 0.3) is 0 Å². The Kier molecular flexibility index (Phi) is 6.30. The number of rotatable bonds is 6. The maximum Gasteiger partial charge on any atom is 0.241 e. The number of piperazine rings is 1. The van der Waals surface area contributed by atoms with Crippen LogP contribution in [-0.2, 0) is 14.8 Å². The van der Waals surface area contributed by atoms with Crippen molar-refractivity contribution in [2.45, 2.75) is 17.9 Å². The van der Waals surface area contributed by atoms with Crippen LogP contribution in [0.3, 0.4) is 0 Å². The van der Waals surface area contributed by atoms with E-state index in [0.717, 1.165) is 0 Å². The third-order valence-electron chi connectivity index (χ3n) is 4.80. The standard InChI is InChI=1S/C18H24N6O4S/c1-13(17(25)21-14-3-5-15(6-4-14)29(19,26)27)23-9-11-24(12-10-23)18-20-8-7-16(22-18)28-2/h3-8,13H,9-12H2,1-2H3,(H,21,25)(H2,19,26,27)/t13-/m1/s1. The molecule has 1 amide bonds. The molecule has 1 fully saturated rings. The Balaban J connectivity index is 1.55. The zero-order chi connectivity index (χ0) is 21.0. The minimum absolute atomic E-state index is 0.000527. The number of anilines is 2. The van der Waals surface area contributed by atoms with Gasteiger partial charge in [-0.25, -0.2) is 18.5 Å². The predicted molar refractivity (Wildman–Crippen MR) is 108 cm³/mol. The lowest BCUT2D eigenvalue weighted by Crippen LogP contribution is -2.53. The van der Waals surface area contributed by atoms with Gasteiger partial charge in [0.2, 0.25) is 27.8 Å². The van der Waals surface area contributed by atoms with Crippen LogP contribution in [0.1, 0.15) is 6.92 Å². The Morgan fingerprint density at radius 3 is 2.41 bits per heavy atom. The summed E-state index contributed by atoms with van der Waals surface area (Å²) >= 11 is 0. The Morgan fingerprint density at radius 1 is 1.17 bits per heavy atom. The fourth-order valence-corrected chi connectivity index (χ4v) is 3.56. The largest absolute Gasteiger partial charge is 0.481 e. The summed E-state index contributed by atoms with van der Waals surface area (Å²) in [5.74, 6) is 0.953. The van der Waals surface area contributed by atoms with Crippen LogP contribution in [0.5, 0.6) is 5.88 Å². The van der Waals surface area contributed by atoms with Crippen LogP contribution in [0, 0.1) is 0 Å². The summed E-state index contributed by atoms with van der Waals surface area (Å²) in [4.78, 5) is 25.3. The van der Waals surface area contributed by atoms with Crippen LogP contribution >= 0.6 is 0 Å². The maximum atomic E-state index is 12.6. The second-order valence-corrected chi connectivity index (χ2v) is 8.22. The molecule has 1 aliphatic heterocycles. The number of primary sulfonamides is 1. The van der Waals surface area contributed by atoms with Crippen molar-refractivity contribution in [2.75, 3.05) is 43.5 Å². The van der Waals surface area contributed by atoms with Crippen molar-refractivity contribution < 1.29 is 17.9 Å². The number of aromatic nitrogens is 2. The van der Waals surface area contributed by atoms with E-state index < -0.39 is 10.0 Å². The van der Waals surface area contributed by atoms with Gasteiger partial charge in [-0.2, -0.15) is 4.98 Å². The van der Waals surface area contributed by atoms with Gasteiger partial charge in [-0.05, 0) is 31.2 Å². The van der Waals surface area contributed by atoms with Crippen molar-refractivity contribution in [3.05, 3.63) is 36.5 Å². The highest BCUT2D eigenvalue weighted by Crippen LogP contribution is 2.17. The van der Waals surface area contributed by atoms with Crippen molar-refractivity contribution in [1.82, 2.24) is 14.9 Å². The maximum absolute atomic E-state index is 12.6. The number of ether oxygens (including phenoxy) is 1. The van der Waals surface area contributed by atoms with Gasteiger partial charge in [0.05, 0.1) is 18.0 Å². The molecule has 0 unspecified atom stereocenters. The van der Waals surface area contributed by atoms with E-state index in [9.17, 15) is 13.2 Å². The summed E-state index contributed by atoms with van der Waals surface area (Å²) in [5.41, 5.74) is 0.512. The number of carbonyl (C=O) groups is 1. The Morgan fingerprint density at radius 2 is 1.83 bits per heavy atom. The highest BCUT2D eigenvalue weighted by molar-refractivity contribution is 7.89. The van der Waals surface area contributed by atoms with Crippen molar-refractivity contribution in [3.8, 4) is 5.88 Å². The second-order valence-electron chi connectivity index (χ2n) is 6.66.